The standard InChI is InChI=1S/C15H23NO2/c1-12-5-4-6-13(11-12)14(16-2)15(17-3)7-9-18-10-8-15/h4-6,11,14,16H,7-10H2,1-3H3. The van der Waals surface area contributed by atoms with Crippen LogP contribution in [0.2, 0.25) is 0 Å². The van der Waals surface area contributed by atoms with Crippen LogP contribution < -0.4 is 5.32 Å². The predicted octanol–water partition coefficient (Wildman–Crippen LogP) is 2.45. The van der Waals surface area contributed by atoms with Gasteiger partial charge in [0, 0.05) is 33.2 Å². The Hall–Kier alpha value is -0.900. The van der Waals surface area contributed by atoms with E-state index in [0.29, 0.717) is 0 Å². The third kappa shape index (κ3) is 2.58. The molecule has 1 atom stereocenters. The number of aryl methyl sites for hydroxylation is 1. The van der Waals surface area contributed by atoms with Crippen LogP contribution in [0.15, 0.2) is 24.3 Å². The molecule has 1 saturated heterocycles. The van der Waals surface area contributed by atoms with E-state index in [0.717, 1.165) is 26.1 Å². The fourth-order valence-corrected chi connectivity index (χ4v) is 2.91. The zero-order valence-corrected chi connectivity index (χ0v) is 11.5. The van der Waals surface area contributed by atoms with E-state index in [1.54, 1.807) is 0 Å². The van der Waals surface area contributed by atoms with Crippen molar-refractivity contribution in [3.8, 4) is 0 Å². The van der Waals surface area contributed by atoms with Gasteiger partial charge in [0.2, 0.25) is 0 Å². The van der Waals surface area contributed by atoms with Crippen LogP contribution in [0.5, 0.6) is 0 Å². The summed E-state index contributed by atoms with van der Waals surface area (Å²) >= 11 is 0. The molecule has 0 spiro atoms. The lowest BCUT2D eigenvalue weighted by Gasteiger charge is -2.42. The minimum atomic E-state index is -0.152. The Balaban J connectivity index is 2.31. The molecule has 1 aromatic carbocycles. The highest BCUT2D eigenvalue weighted by Crippen LogP contribution is 2.37. The van der Waals surface area contributed by atoms with Gasteiger partial charge in [0.1, 0.15) is 0 Å². The van der Waals surface area contributed by atoms with E-state index in [4.69, 9.17) is 9.47 Å². The van der Waals surface area contributed by atoms with E-state index in [2.05, 4.69) is 36.5 Å². The van der Waals surface area contributed by atoms with Gasteiger partial charge in [-0.2, -0.15) is 0 Å². The molecule has 1 aromatic rings. The molecule has 0 aromatic heterocycles. The van der Waals surface area contributed by atoms with E-state index >= 15 is 0 Å². The first-order valence-electron chi connectivity index (χ1n) is 6.58. The van der Waals surface area contributed by atoms with Crippen molar-refractivity contribution in [1.29, 1.82) is 0 Å². The van der Waals surface area contributed by atoms with Gasteiger partial charge in [0.25, 0.3) is 0 Å². The quantitative estimate of drug-likeness (QED) is 0.889. The Kier molecular flexibility index (Phi) is 4.38. The normalized spacial score (nSPS) is 20.6. The highest BCUT2D eigenvalue weighted by molar-refractivity contribution is 5.27. The van der Waals surface area contributed by atoms with Gasteiger partial charge >= 0.3 is 0 Å². The van der Waals surface area contributed by atoms with Gasteiger partial charge in [-0.05, 0) is 19.5 Å². The third-order valence-electron chi connectivity index (χ3n) is 3.94. The van der Waals surface area contributed by atoms with Crippen LogP contribution in [0.4, 0.5) is 0 Å². The van der Waals surface area contributed by atoms with Crippen molar-refractivity contribution in [2.24, 2.45) is 0 Å². The lowest BCUT2D eigenvalue weighted by atomic mass is 9.82. The molecule has 1 fully saturated rings. The lowest BCUT2D eigenvalue weighted by molar-refractivity contribution is -0.110. The van der Waals surface area contributed by atoms with Gasteiger partial charge in [-0.3, -0.25) is 0 Å². The van der Waals surface area contributed by atoms with E-state index in [1.807, 2.05) is 14.2 Å². The fourth-order valence-electron chi connectivity index (χ4n) is 2.91. The lowest BCUT2D eigenvalue weighted by Crippen LogP contribution is -2.48. The summed E-state index contributed by atoms with van der Waals surface area (Å²) < 4.78 is 11.4. The highest BCUT2D eigenvalue weighted by atomic mass is 16.5. The number of hydrogen-bond donors (Lipinski definition) is 1. The summed E-state index contributed by atoms with van der Waals surface area (Å²) in [5, 5.41) is 3.43. The van der Waals surface area contributed by atoms with Crippen LogP contribution in [0, 0.1) is 6.92 Å². The molecule has 0 bridgehead atoms. The van der Waals surface area contributed by atoms with Crippen molar-refractivity contribution < 1.29 is 9.47 Å². The van der Waals surface area contributed by atoms with Gasteiger partial charge in [0.15, 0.2) is 0 Å². The molecule has 0 aliphatic carbocycles. The van der Waals surface area contributed by atoms with Crippen LogP contribution in [-0.4, -0.2) is 33.0 Å². The molecule has 100 valence electrons. The molecule has 1 aliphatic heterocycles. The van der Waals surface area contributed by atoms with Crippen molar-refractivity contribution in [3.05, 3.63) is 35.4 Å². The number of nitrogens with one attached hydrogen (secondary N) is 1. The van der Waals surface area contributed by atoms with Crippen LogP contribution in [0.3, 0.4) is 0 Å². The monoisotopic (exact) mass is 249 g/mol. The second-order valence-electron chi connectivity index (χ2n) is 5.02. The molecule has 3 heteroatoms. The van der Waals surface area contributed by atoms with Gasteiger partial charge in [-0.15, -0.1) is 0 Å². The first-order chi connectivity index (χ1) is 8.72. The van der Waals surface area contributed by atoms with Crippen LogP contribution in [0.1, 0.15) is 30.0 Å². The molecule has 0 radical (unpaired) electrons. The Labute approximate surface area is 109 Å². The molecule has 3 nitrogen and oxygen atoms in total. The number of ether oxygens (including phenoxy) is 2. The molecule has 1 heterocycles. The summed E-state index contributed by atoms with van der Waals surface area (Å²) in [7, 11) is 3.81. The molecular formula is C15H23NO2. The Morgan fingerprint density at radius 2 is 2.06 bits per heavy atom. The fraction of sp³-hybridized carbons (Fsp3) is 0.600. The average molecular weight is 249 g/mol. The molecule has 1 N–H and O–H groups in total. The summed E-state index contributed by atoms with van der Waals surface area (Å²) in [5.74, 6) is 0. The third-order valence-corrected chi connectivity index (χ3v) is 3.94. The maximum atomic E-state index is 5.88. The summed E-state index contributed by atoms with van der Waals surface area (Å²) in [6.45, 7) is 3.68. The Bertz CT molecular complexity index is 386. The first-order valence-corrected chi connectivity index (χ1v) is 6.58. The van der Waals surface area contributed by atoms with Crippen molar-refractivity contribution in [2.75, 3.05) is 27.4 Å². The molecule has 0 amide bonds. The SMILES string of the molecule is CNC(c1cccc(C)c1)C1(OC)CCOCC1. The second-order valence-corrected chi connectivity index (χ2v) is 5.02. The minimum absolute atomic E-state index is 0.152. The molecule has 18 heavy (non-hydrogen) atoms. The van der Waals surface area contributed by atoms with E-state index in [9.17, 15) is 0 Å². The Morgan fingerprint density at radius 1 is 1.33 bits per heavy atom. The van der Waals surface area contributed by atoms with Gasteiger partial charge in [-0.1, -0.05) is 29.8 Å². The topological polar surface area (TPSA) is 30.5 Å². The van der Waals surface area contributed by atoms with E-state index in [1.165, 1.54) is 11.1 Å². The highest BCUT2D eigenvalue weighted by Gasteiger charge is 2.40. The summed E-state index contributed by atoms with van der Waals surface area (Å²) in [6.07, 6.45) is 1.87. The van der Waals surface area contributed by atoms with Crippen molar-refractivity contribution in [2.45, 2.75) is 31.4 Å². The zero-order valence-electron chi connectivity index (χ0n) is 11.5. The minimum Gasteiger partial charge on any atom is -0.381 e. The van der Waals surface area contributed by atoms with E-state index in [-0.39, 0.29) is 11.6 Å². The number of likely N-dealkylation sites (N-methyl/N-ethyl adjacent to an activating group) is 1. The number of benzene rings is 1. The Morgan fingerprint density at radius 3 is 2.61 bits per heavy atom. The summed E-state index contributed by atoms with van der Waals surface area (Å²) in [4.78, 5) is 0. The first kappa shape index (κ1) is 13.5. The number of hydrogen-bond acceptors (Lipinski definition) is 3. The van der Waals surface area contributed by atoms with Crippen LogP contribution >= 0.6 is 0 Å². The predicted molar refractivity (Wildman–Crippen MR) is 72.8 cm³/mol. The number of methoxy groups -OCH3 is 1. The molecule has 2 rings (SSSR count). The van der Waals surface area contributed by atoms with Gasteiger partial charge in [-0.25, -0.2) is 0 Å². The average Bonchev–Trinajstić information content (AvgIpc) is 2.41. The maximum Gasteiger partial charge on any atom is 0.0916 e. The second kappa shape index (κ2) is 5.83. The van der Waals surface area contributed by atoms with Crippen LogP contribution in [-0.2, 0) is 9.47 Å². The molecule has 0 saturated carbocycles. The maximum absolute atomic E-state index is 5.88. The van der Waals surface area contributed by atoms with Gasteiger partial charge in [0.05, 0.1) is 11.6 Å². The largest absolute Gasteiger partial charge is 0.381 e. The van der Waals surface area contributed by atoms with E-state index < -0.39 is 0 Å². The van der Waals surface area contributed by atoms with Crippen molar-refractivity contribution >= 4 is 0 Å². The zero-order chi connectivity index (χ0) is 13.0. The van der Waals surface area contributed by atoms with Crippen molar-refractivity contribution in [3.63, 3.8) is 0 Å². The van der Waals surface area contributed by atoms with Gasteiger partial charge < -0.3 is 14.8 Å². The molecular weight excluding hydrogens is 226 g/mol. The number of rotatable bonds is 4. The summed E-state index contributed by atoms with van der Waals surface area (Å²) in [6, 6.07) is 8.85. The summed E-state index contributed by atoms with van der Waals surface area (Å²) in [5.41, 5.74) is 2.42. The van der Waals surface area contributed by atoms with Crippen molar-refractivity contribution in [1.82, 2.24) is 5.32 Å². The smallest absolute Gasteiger partial charge is 0.0916 e. The molecule has 1 unspecified atom stereocenters. The van der Waals surface area contributed by atoms with Crippen LogP contribution in [0.25, 0.3) is 0 Å². The molecule has 1 aliphatic rings.